The average molecular weight is 239 g/mol. The van der Waals surface area contributed by atoms with Crippen molar-refractivity contribution in [2.75, 3.05) is 6.61 Å². The molecule has 3 nitrogen and oxygen atoms in total. The number of carbonyl (C=O) groups is 1. The second kappa shape index (κ2) is 5.98. The zero-order chi connectivity index (χ0) is 12.0. The van der Waals surface area contributed by atoms with Gasteiger partial charge in [-0.3, -0.25) is 0 Å². The normalized spacial score (nSPS) is 10.3. The second-order valence-electron chi connectivity index (χ2n) is 3.05. The van der Waals surface area contributed by atoms with Gasteiger partial charge in [0.2, 0.25) is 0 Å². The van der Waals surface area contributed by atoms with Gasteiger partial charge in [-0.15, -0.1) is 0 Å². The first kappa shape index (κ1) is 12.3. The minimum Gasteiger partial charge on any atom is -0.488 e. The fourth-order valence-corrected chi connectivity index (χ4v) is 1.06. The van der Waals surface area contributed by atoms with Crippen molar-refractivity contribution in [3.05, 3.63) is 47.5 Å². The predicted octanol–water partition coefficient (Wildman–Crippen LogP) is 2.92. The molecule has 84 valence electrons. The van der Waals surface area contributed by atoms with Crippen LogP contribution in [-0.2, 0) is 4.79 Å². The molecule has 0 spiro atoms. The summed E-state index contributed by atoms with van der Waals surface area (Å²) in [5.41, 5.74) is 0.791. The summed E-state index contributed by atoms with van der Waals surface area (Å²) >= 11 is 5.55. The highest BCUT2D eigenvalue weighted by Crippen LogP contribution is 2.14. The quantitative estimate of drug-likeness (QED) is 0.803. The lowest BCUT2D eigenvalue weighted by Gasteiger charge is -2.04. The van der Waals surface area contributed by atoms with Crippen LogP contribution >= 0.6 is 11.6 Å². The van der Waals surface area contributed by atoms with Gasteiger partial charge >= 0.3 is 5.97 Å². The molecular weight excluding hydrogens is 228 g/mol. The van der Waals surface area contributed by atoms with Crippen LogP contribution < -0.4 is 4.74 Å². The van der Waals surface area contributed by atoms with Crippen LogP contribution in [-0.4, -0.2) is 17.7 Å². The van der Waals surface area contributed by atoms with Gasteiger partial charge in [0.05, 0.1) is 0 Å². The topological polar surface area (TPSA) is 46.5 Å². The number of hydrogen-bond acceptors (Lipinski definition) is 2. The minimum absolute atomic E-state index is 0.256. The number of aliphatic carboxylic acids is 1. The molecule has 0 saturated carbocycles. The van der Waals surface area contributed by atoms with Gasteiger partial charge in [-0.1, -0.05) is 30.3 Å². The van der Waals surface area contributed by atoms with E-state index in [-0.39, 0.29) is 6.61 Å². The van der Waals surface area contributed by atoms with Crippen molar-refractivity contribution < 1.29 is 14.6 Å². The summed E-state index contributed by atoms with van der Waals surface area (Å²) in [6, 6.07) is 6.99. The van der Waals surface area contributed by atoms with Crippen LogP contribution in [0.15, 0.2) is 42.0 Å². The Hall–Kier alpha value is -1.74. The predicted molar refractivity (Wildman–Crippen MR) is 63.6 cm³/mol. The smallest absolute Gasteiger partial charge is 0.328 e. The summed E-state index contributed by atoms with van der Waals surface area (Å²) in [5.74, 6) is -0.312. The first-order chi connectivity index (χ1) is 7.58. The summed E-state index contributed by atoms with van der Waals surface area (Å²) in [7, 11) is 0. The highest BCUT2D eigenvalue weighted by atomic mass is 35.5. The average Bonchev–Trinajstić information content (AvgIpc) is 2.25. The summed E-state index contributed by atoms with van der Waals surface area (Å²) < 4.78 is 5.28. The Kier molecular flexibility index (Phi) is 4.61. The van der Waals surface area contributed by atoms with Gasteiger partial charge in [0.1, 0.15) is 12.4 Å². The van der Waals surface area contributed by atoms with Gasteiger partial charge in [-0.05, 0) is 23.8 Å². The van der Waals surface area contributed by atoms with Gasteiger partial charge in [-0.2, -0.15) is 0 Å². The third-order valence-electron chi connectivity index (χ3n) is 1.69. The van der Waals surface area contributed by atoms with E-state index in [1.807, 2.05) is 0 Å². The molecule has 1 aromatic rings. The Morgan fingerprint density at radius 2 is 2.06 bits per heavy atom. The SMILES string of the molecule is C=C(Cl)COc1ccc(/C=C/C(=O)O)cc1. The Balaban J connectivity index is 2.60. The monoisotopic (exact) mass is 238 g/mol. The summed E-state index contributed by atoms with van der Waals surface area (Å²) in [6.07, 6.45) is 2.59. The molecule has 1 aromatic carbocycles. The lowest BCUT2D eigenvalue weighted by atomic mass is 10.2. The van der Waals surface area contributed by atoms with Crippen LogP contribution in [0.2, 0.25) is 0 Å². The zero-order valence-corrected chi connectivity index (χ0v) is 9.28. The lowest BCUT2D eigenvalue weighted by molar-refractivity contribution is -0.131. The van der Waals surface area contributed by atoms with E-state index in [4.69, 9.17) is 21.4 Å². The van der Waals surface area contributed by atoms with E-state index in [9.17, 15) is 4.79 Å². The van der Waals surface area contributed by atoms with E-state index >= 15 is 0 Å². The number of ether oxygens (including phenoxy) is 1. The van der Waals surface area contributed by atoms with Crippen molar-refractivity contribution in [1.82, 2.24) is 0 Å². The number of carboxylic acid groups (broad SMARTS) is 1. The third kappa shape index (κ3) is 4.66. The Morgan fingerprint density at radius 3 is 2.56 bits per heavy atom. The molecule has 0 atom stereocenters. The largest absolute Gasteiger partial charge is 0.488 e. The summed E-state index contributed by atoms with van der Waals surface area (Å²) in [6.45, 7) is 3.76. The molecule has 0 aliphatic carbocycles. The molecule has 0 saturated heterocycles. The molecule has 1 rings (SSSR count). The molecule has 0 heterocycles. The summed E-state index contributed by atoms with van der Waals surface area (Å²) in [4.78, 5) is 10.3. The van der Waals surface area contributed by atoms with Crippen LogP contribution in [0.4, 0.5) is 0 Å². The van der Waals surface area contributed by atoms with Gasteiger partial charge in [0, 0.05) is 11.1 Å². The third-order valence-corrected chi connectivity index (χ3v) is 1.80. The maximum atomic E-state index is 10.3. The molecule has 4 heteroatoms. The first-order valence-electron chi connectivity index (χ1n) is 4.55. The number of hydrogen-bond donors (Lipinski definition) is 1. The van der Waals surface area contributed by atoms with Crippen LogP contribution in [0.1, 0.15) is 5.56 Å². The molecule has 16 heavy (non-hydrogen) atoms. The Morgan fingerprint density at radius 1 is 1.44 bits per heavy atom. The van der Waals surface area contributed by atoms with Gasteiger partial charge in [0.15, 0.2) is 0 Å². The molecule has 0 bridgehead atoms. The number of benzene rings is 1. The minimum atomic E-state index is -0.973. The van der Waals surface area contributed by atoms with Crippen molar-refractivity contribution in [2.24, 2.45) is 0 Å². The van der Waals surface area contributed by atoms with Crippen LogP contribution in [0.5, 0.6) is 5.75 Å². The van der Waals surface area contributed by atoms with Gasteiger partial charge < -0.3 is 9.84 Å². The Labute approximate surface area is 98.6 Å². The van der Waals surface area contributed by atoms with Crippen molar-refractivity contribution in [1.29, 1.82) is 0 Å². The van der Waals surface area contributed by atoms with Crippen molar-refractivity contribution in [3.8, 4) is 5.75 Å². The maximum absolute atomic E-state index is 10.3. The number of halogens is 1. The fraction of sp³-hybridized carbons (Fsp3) is 0.0833. The van der Waals surface area contributed by atoms with E-state index in [2.05, 4.69) is 6.58 Å². The zero-order valence-electron chi connectivity index (χ0n) is 8.52. The molecule has 1 N–H and O–H groups in total. The lowest BCUT2D eigenvalue weighted by Crippen LogP contribution is -1.95. The Bertz CT molecular complexity index is 407. The van der Waals surface area contributed by atoms with E-state index < -0.39 is 5.97 Å². The van der Waals surface area contributed by atoms with Crippen LogP contribution in [0.25, 0.3) is 6.08 Å². The molecule has 0 unspecified atom stereocenters. The maximum Gasteiger partial charge on any atom is 0.328 e. The highest BCUT2D eigenvalue weighted by Gasteiger charge is 1.95. The van der Waals surface area contributed by atoms with Crippen LogP contribution in [0.3, 0.4) is 0 Å². The van der Waals surface area contributed by atoms with E-state index in [0.717, 1.165) is 11.6 Å². The van der Waals surface area contributed by atoms with Gasteiger partial charge in [-0.25, -0.2) is 4.79 Å². The van der Waals surface area contributed by atoms with Crippen molar-refractivity contribution in [3.63, 3.8) is 0 Å². The molecule has 0 aliphatic heterocycles. The number of carboxylic acids is 1. The highest BCUT2D eigenvalue weighted by molar-refractivity contribution is 6.29. The standard InChI is InChI=1S/C12H11ClO3/c1-9(13)8-16-11-5-2-10(3-6-11)4-7-12(14)15/h2-7H,1,8H2,(H,14,15)/b7-4+. The molecular formula is C12H11ClO3. The van der Waals surface area contributed by atoms with E-state index in [0.29, 0.717) is 10.8 Å². The van der Waals surface area contributed by atoms with Crippen molar-refractivity contribution >= 4 is 23.6 Å². The second-order valence-corrected chi connectivity index (χ2v) is 3.58. The summed E-state index contributed by atoms with van der Waals surface area (Å²) in [5, 5.41) is 8.86. The molecule has 0 aromatic heterocycles. The van der Waals surface area contributed by atoms with Gasteiger partial charge in [0.25, 0.3) is 0 Å². The van der Waals surface area contributed by atoms with E-state index in [1.165, 1.54) is 6.08 Å². The number of rotatable bonds is 5. The van der Waals surface area contributed by atoms with Crippen LogP contribution in [0, 0.1) is 0 Å². The molecule has 0 radical (unpaired) electrons. The fourth-order valence-electron chi connectivity index (χ4n) is 1.00. The molecule has 0 amide bonds. The van der Waals surface area contributed by atoms with E-state index in [1.54, 1.807) is 24.3 Å². The van der Waals surface area contributed by atoms with Crippen molar-refractivity contribution in [2.45, 2.75) is 0 Å². The molecule has 0 aliphatic rings. The first-order valence-corrected chi connectivity index (χ1v) is 4.93. The molecule has 0 fully saturated rings.